The largest absolute Gasteiger partial charge is 0.496 e. The number of amides is 2. The molecule has 0 unspecified atom stereocenters. The lowest BCUT2D eigenvalue weighted by Gasteiger charge is -2.14. The summed E-state index contributed by atoms with van der Waals surface area (Å²) in [5.41, 5.74) is 4.27. The number of rotatable bonds is 3. The maximum Gasteiger partial charge on any atom is 0.282 e. The molecular weight excluding hydrogens is 347 g/mol. The molecule has 0 aromatic heterocycles. The van der Waals surface area contributed by atoms with Crippen LogP contribution in [0.1, 0.15) is 11.1 Å². The minimum atomic E-state index is -0.604. The standard InChI is InChI=1S/C18H14ClFN2O3/c1-10-7-11(3-6-16(10)25-2)8-13-17(23)21-22(18(13)24)12-4-5-15(20)14(19)9-12/h3-9H,1-2H3,(H,21,23)/b13-8+. The highest BCUT2D eigenvalue weighted by Crippen LogP contribution is 2.26. The lowest BCUT2D eigenvalue weighted by Crippen LogP contribution is -2.35. The van der Waals surface area contributed by atoms with Crippen molar-refractivity contribution in [3.8, 4) is 5.75 Å². The van der Waals surface area contributed by atoms with Crippen molar-refractivity contribution >= 4 is 35.2 Å². The second-order valence-corrected chi connectivity index (χ2v) is 5.87. The highest BCUT2D eigenvalue weighted by atomic mass is 35.5. The van der Waals surface area contributed by atoms with Crippen molar-refractivity contribution in [2.24, 2.45) is 0 Å². The fraction of sp³-hybridized carbons (Fsp3) is 0.111. The molecule has 2 aromatic carbocycles. The number of ether oxygens (including phenoxy) is 1. The van der Waals surface area contributed by atoms with Gasteiger partial charge in [0.15, 0.2) is 0 Å². The first-order valence-electron chi connectivity index (χ1n) is 7.37. The van der Waals surface area contributed by atoms with Crippen LogP contribution in [0.15, 0.2) is 42.0 Å². The molecule has 1 aliphatic heterocycles. The molecule has 3 rings (SSSR count). The number of benzene rings is 2. The van der Waals surface area contributed by atoms with Crippen LogP contribution < -0.4 is 15.2 Å². The van der Waals surface area contributed by atoms with E-state index >= 15 is 0 Å². The number of carbonyl (C=O) groups is 2. The molecule has 128 valence electrons. The summed E-state index contributed by atoms with van der Waals surface area (Å²) in [6.07, 6.45) is 1.50. The van der Waals surface area contributed by atoms with Gasteiger partial charge in [-0.2, -0.15) is 0 Å². The Labute approximate surface area is 148 Å². The molecule has 0 aliphatic carbocycles. The summed E-state index contributed by atoms with van der Waals surface area (Å²) in [6.45, 7) is 1.87. The van der Waals surface area contributed by atoms with Crippen LogP contribution in [0.4, 0.5) is 10.1 Å². The van der Waals surface area contributed by atoms with E-state index in [0.29, 0.717) is 11.3 Å². The van der Waals surface area contributed by atoms with Crippen LogP contribution in [0.5, 0.6) is 5.75 Å². The minimum Gasteiger partial charge on any atom is -0.496 e. The Morgan fingerprint density at radius 3 is 2.60 bits per heavy atom. The third kappa shape index (κ3) is 3.21. The highest BCUT2D eigenvalue weighted by Gasteiger charge is 2.34. The molecule has 25 heavy (non-hydrogen) atoms. The third-order valence-corrected chi connectivity index (χ3v) is 4.07. The molecule has 1 aliphatic rings. The maximum absolute atomic E-state index is 13.3. The monoisotopic (exact) mass is 360 g/mol. The first kappa shape index (κ1) is 17.0. The van der Waals surface area contributed by atoms with Crippen molar-refractivity contribution in [3.63, 3.8) is 0 Å². The molecule has 1 N–H and O–H groups in total. The molecule has 5 nitrogen and oxygen atoms in total. The van der Waals surface area contributed by atoms with Crippen LogP contribution in [0, 0.1) is 12.7 Å². The van der Waals surface area contributed by atoms with E-state index in [0.717, 1.165) is 16.6 Å². The van der Waals surface area contributed by atoms with Crippen LogP contribution in [0.3, 0.4) is 0 Å². The number of aryl methyl sites for hydroxylation is 1. The van der Waals surface area contributed by atoms with Crippen molar-refractivity contribution < 1.29 is 18.7 Å². The summed E-state index contributed by atoms with van der Waals surface area (Å²) in [5, 5.41) is 0.901. The summed E-state index contributed by atoms with van der Waals surface area (Å²) in [5.74, 6) is -0.972. The van der Waals surface area contributed by atoms with Gasteiger partial charge in [0.2, 0.25) is 0 Å². The molecule has 7 heteroatoms. The van der Waals surface area contributed by atoms with E-state index in [-0.39, 0.29) is 16.3 Å². The van der Waals surface area contributed by atoms with Gasteiger partial charge in [0.05, 0.1) is 17.8 Å². The van der Waals surface area contributed by atoms with Gasteiger partial charge < -0.3 is 4.74 Å². The summed E-state index contributed by atoms with van der Waals surface area (Å²) >= 11 is 5.74. The van der Waals surface area contributed by atoms with Crippen LogP contribution in [-0.4, -0.2) is 18.9 Å². The van der Waals surface area contributed by atoms with Gasteiger partial charge in [0.25, 0.3) is 11.8 Å². The number of hydrogen-bond acceptors (Lipinski definition) is 3. The van der Waals surface area contributed by atoms with Gasteiger partial charge in [-0.3, -0.25) is 15.0 Å². The summed E-state index contributed by atoms with van der Waals surface area (Å²) in [7, 11) is 1.57. The Morgan fingerprint density at radius 2 is 1.96 bits per heavy atom. The number of carbonyl (C=O) groups excluding carboxylic acids is 2. The Morgan fingerprint density at radius 1 is 1.20 bits per heavy atom. The van der Waals surface area contributed by atoms with E-state index in [4.69, 9.17) is 16.3 Å². The van der Waals surface area contributed by atoms with Gasteiger partial charge in [-0.15, -0.1) is 0 Å². The van der Waals surface area contributed by atoms with E-state index in [1.54, 1.807) is 19.2 Å². The van der Waals surface area contributed by atoms with Gasteiger partial charge in [0, 0.05) is 0 Å². The van der Waals surface area contributed by atoms with Crippen LogP contribution in [0.2, 0.25) is 5.02 Å². The zero-order valence-electron chi connectivity index (χ0n) is 13.5. The van der Waals surface area contributed by atoms with Crippen molar-refractivity contribution in [2.45, 2.75) is 6.92 Å². The maximum atomic E-state index is 13.3. The zero-order valence-corrected chi connectivity index (χ0v) is 14.2. The number of anilines is 1. The second-order valence-electron chi connectivity index (χ2n) is 5.47. The van der Waals surface area contributed by atoms with Gasteiger partial charge in [-0.05, 0) is 54.5 Å². The SMILES string of the molecule is COc1ccc(/C=C2\C(=O)NN(c3ccc(F)c(Cl)c3)C2=O)cc1C. The molecule has 2 amide bonds. The Bertz CT molecular complexity index is 911. The van der Waals surface area contributed by atoms with E-state index in [2.05, 4.69) is 5.43 Å². The number of hydrazine groups is 1. The minimum absolute atomic E-state index is 0.0231. The average Bonchev–Trinajstić information content (AvgIpc) is 2.86. The quantitative estimate of drug-likeness (QED) is 0.675. The molecule has 0 atom stereocenters. The van der Waals surface area contributed by atoms with Gasteiger partial charge in [-0.25, -0.2) is 9.40 Å². The smallest absolute Gasteiger partial charge is 0.282 e. The first-order chi connectivity index (χ1) is 11.9. The molecule has 1 heterocycles. The number of halogens is 2. The van der Waals surface area contributed by atoms with E-state index in [1.807, 2.05) is 13.0 Å². The Hall–Kier alpha value is -2.86. The number of hydrogen-bond donors (Lipinski definition) is 1. The molecular formula is C18H14ClFN2O3. The third-order valence-electron chi connectivity index (χ3n) is 3.78. The fourth-order valence-electron chi connectivity index (χ4n) is 2.52. The predicted octanol–water partition coefficient (Wildman–Crippen LogP) is 3.26. The molecule has 1 saturated heterocycles. The van der Waals surface area contributed by atoms with E-state index < -0.39 is 17.6 Å². The normalized spacial score (nSPS) is 15.7. The van der Waals surface area contributed by atoms with Gasteiger partial charge in [-0.1, -0.05) is 17.7 Å². The topological polar surface area (TPSA) is 58.6 Å². The number of methoxy groups -OCH3 is 1. The molecule has 0 saturated carbocycles. The second kappa shape index (κ2) is 6.57. The molecule has 0 spiro atoms. The van der Waals surface area contributed by atoms with E-state index in [1.165, 1.54) is 18.2 Å². The average molecular weight is 361 g/mol. The van der Waals surface area contributed by atoms with Crippen LogP contribution in [0.25, 0.3) is 6.08 Å². The van der Waals surface area contributed by atoms with Gasteiger partial charge >= 0.3 is 0 Å². The summed E-state index contributed by atoms with van der Waals surface area (Å²) in [6, 6.07) is 9.08. The molecule has 1 fully saturated rings. The Kier molecular flexibility index (Phi) is 4.46. The first-order valence-corrected chi connectivity index (χ1v) is 7.75. The van der Waals surface area contributed by atoms with Crippen molar-refractivity contribution in [1.29, 1.82) is 0 Å². The number of nitrogens with zero attached hydrogens (tertiary/aromatic N) is 1. The van der Waals surface area contributed by atoms with Crippen molar-refractivity contribution in [3.05, 3.63) is 63.9 Å². The highest BCUT2D eigenvalue weighted by molar-refractivity contribution is 6.33. The lowest BCUT2D eigenvalue weighted by molar-refractivity contribution is -0.117. The molecule has 0 radical (unpaired) electrons. The van der Waals surface area contributed by atoms with Gasteiger partial charge in [0.1, 0.15) is 17.1 Å². The van der Waals surface area contributed by atoms with E-state index in [9.17, 15) is 14.0 Å². The van der Waals surface area contributed by atoms with Crippen molar-refractivity contribution in [1.82, 2.24) is 5.43 Å². The zero-order chi connectivity index (χ0) is 18.1. The predicted molar refractivity (Wildman–Crippen MR) is 92.7 cm³/mol. The Balaban J connectivity index is 1.93. The van der Waals surface area contributed by atoms with Crippen LogP contribution in [-0.2, 0) is 9.59 Å². The molecule has 2 aromatic rings. The summed E-state index contributed by atoms with van der Waals surface area (Å²) in [4.78, 5) is 24.7. The van der Waals surface area contributed by atoms with Crippen LogP contribution >= 0.6 is 11.6 Å². The van der Waals surface area contributed by atoms with Crippen molar-refractivity contribution in [2.75, 3.05) is 12.1 Å². The summed E-state index contributed by atoms with van der Waals surface area (Å²) < 4.78 is 18.5. The lowest BCUT2D eigenvalue weighted by atomic mass is 10.1. The number of nitrogens with one attached hydrogen (secondary N) is 1. The fourth-order valence-corrected chi connectivity index (χ4v) is 2.70. The molecule has 0 bridgehead atoms.